The molecule has 4 aromatic rings. The molecule has 2 aromatic heterocycles. The summed E-state index contributed by atoms with van der Waals surface area (Å²) in [4.78, 5) is 51.3. The SMILES string of the molecule is Cc1c(NC(=O)c2ccc(CN3CCCC[C@H]3C(=O)O)cn2)cccc1-c1cccc(NC(=O)c2ccc(CN3CCCC[C@H]3C)cn2)c1Cl. The number of likely N-dealkylation sites (tertiary alicyclic amines) is 2. The number of carboxylic acid groups (broad SMARTS) is 1. The van der Waals surface area contributed by atoms with Gasteiger partial charge in [0.2, 0.25) is 0 Å². The maximum absolute atomic E-state index is 13.2. The van der Waals surface area contributed by atoms with Gasteiger partial charge in [0.05, 0.1) is 10.7 Å². The van der Waals surface area contributed by atoms with Crippen LogP contribution in [0.5, 0.6) is 0 Å². The van der Waals surface area contributed by atoms with E-state index in [4.69, 9.17) is 11.6 Å². The standard InChI is InChI=1S/C39H43ClN6O4/c1-25-9-3-5-19-45(25)23-27-15-17-34(41-21-27)38(48)44-32-13-8-11-30(36(32)40)29-10-7-12-31(26(29)2)43-37(47)33-18-16-28(22-42-33)24-46-20-6-4-14-35(46)39(49)50/h7-8,10-13,15-18,21-22,25,35H,3-6,9,14,19-20,23-24H2,1-2H3,(H,43,47)(H,44,48)(H,49,50)/t25-,35+/m1/s1. The molecule has 3 N–H and O–H groups in total. The Bertz CT molecular complexity index is 1850. The third-order valence-electron chi connectivity index (χ3n) is 9.84. The summed E-state index contributed by atoms with van der Waals surface area (Å²) < 4.78 is 0. The molecule has 0 aliphatic carbocycles. The Balaban J connectivity index is 1.11. The van der Waals surface area contributed by atoms with Crippen molar-refractivity contribution in [3.05, 3.63) is 106 Å². The lowest BCUT2D eigenvalue weighted by Crippen LogP contribution is -2.44. The largest absolute Gasteiger partial charge is 0.480 e. The summed E-state index contributed by atoms with van der Waals surface area (Å²) in [5.74, 6) is -1.52. The van der Waals surface area contributed by atoms with Gasteiger partial charge < -0.3 is 15.7 Å². The fourth-order valence-electron chi connectivity index (χ4n) is 6.90. The van der Waals surface area contributed by atoms with Crippen LogP contribution in [0.25, 0.3) is 11.1 Å². The Kier molecular flexibility index (Phi) is 11.2. The molecule has 2 amide bonds. The minimum Gasteiger partial charge on any atom is -0.480 e. The molecule has 0 bridgehead atoms. The minimum atomic E-state index is -0.805. The molecule has 50 heavy (non-hydrogen) atoms. The molecular weight excluding hydrogens is 652 g/mol. The number of anilines is 2. The number of hydrogen-bond donors (Lipinski definition) is 3. The van der Waals surface area contributed by atoms with Crippen LogP contribution in [-0.4, -0.2) is 67.8 Å². The number of aliphatic carboxylic acids is 1. The van der Waals surface area contributed by atoms with E-state index in [0.717, 1.165) is 54.7 Å². The highest BCUT2D eigenvalue weighted by molar-refractivity contribution is 6.36. The van der Waals surface area contributed by atoms with Crippen molar-refractivity contribution < 1.29 is 19.5 Å². The molecule has 6 rings (SSSR count). The zero-order chi connectivity index (χ0) is 35.2. The average molecular weight is 695 g/mol. The molecule has 2 saturated heterocycles. The first-order valence-corrected chi connectivity index (χ1v) is 17.7. The van der Waals surface area contributed by atoms with Crippen LogP contribution in [0.4, 0.5) is 11.4 Å². The summed E-state index contributed by atoms with van der Waals surface area (Å²) >= 11 is 6.89. The number of amides is 2. The van der Waals surface area contributed by atoms with Crippen LogP contribution in [0.15, 0.2) is 73.1 Å². The van der Waals surface area contributed by atoms with Crippen molar-refractivity contribution in [1.82, 2.24) is 19.8 Å². The van der Waals surface area contributed by atoms with Gasteiger partial charge in [0, 0.05) is 42.8 Å². The van der Waals surface area contributed by atoms with E-state index in [-0.39, 0.29) is 17.5 Å². The van der Waals surface area contributed by atoms with Gasteiger partial charge in [-0.25, -0.2) is 0 Å². The number of piperidine rings is 2. The van der Waals surface area contributed by atoms with E-state index in [9.17, 15) is 19.5 Å². The Hall–Kier alpha value is -4.64. The van der Waals surface area contributed by atoms with Crippen LogP contribution in [0.2, 0.25) is 5.02 Å². The van der Waals surface area contributed by atoms with Crippen LogP contribution >= 0.6 is 11.6 Å². The Morgan fingerprint density at radius 3 is 1.92 bits per heavy atom. The number of rotatable bonds is 10. The van der Waals surface area contributed by atoms with Gasteiger partial charge >= 0.3 is 5.97 Å². The lowest BCUT2D eigenvalue weighted by atomic mass is 9.98. The van der Waals surface area contributed by atoms with Crippen LogP contribution < -0.4 is 10.6 Å². The monoisotopic (exact) mass is 694 g/mol. The molecule has 2 aromatic carbocycles. The molecule has 0 radical (unpaired) electrons. The highest BCUT2D eigenvalue weighted by Gasteiger charge is 2.28. The van der Waals surface area contributed by atoms with E-state index >= 15 is 0 Å². The summed E-state index contributed by atoms with van der Waals surface area (Å²) in [6.07, 6.45) is 9.59. The second-order valence-corrected chi connectivity index (χ2v) is 13.7. The van der Waals surface area contributed by atoms with E-state index in [2.05, 4.69) is 32.4 Å². The van der Waals surface area contributed by atoms with Gasteiger partial charge in [-0.2, -0.15) is 0 Å². The molecule has 10 nitrogen and oxygen atoms in total. The number of hydrogen-bond acceptors (Lipinski definition) is 7. The number of nitrogens with zero attached hydrogens (tertiary/aromatic N) is 4. The van der Waals surface area contributed by atoms with E-state index in [1.165, 1.54) is 19.3 Å². The van der Waals surface area contributed by atoms with Crippen molar-refractivity contribution in [1.29, 1.82) is 0 Å². The molecule has 2 fully saturated rings. The minimum absolute atomic E-state index is 0.248. The van der Waals surface area contributed by atoms with Gasteiger partial charge in [-0.3, -0.25) is 34.2 Å². The molecule has 0 unspecified atom stereocenters. The number of benzene rings is 2. The molecule has 0 spiro atoms. The van der Waals surface area contributed by atoms with Crippen molar-refractivity contribution >= 4 is 40.8 Å². The first kappa shape index (κ1) is 35.2. The molecule has 11 heteroatoms. The molecule has 260 valence electrons. The summed E-state index contributed by atoms with van der Waals surface area (Å²) in [5.41, 5.74) is 5.85. The fourth-order valence-corrected chi connectivity index (χ4v) is 7.17. The quantitative estimate of drug-likeness (QED) is 0.157. The predicted octanol–water partition coefficient (Wildman–Crippen LogP) is 7.42. The van der Waals surface area contributed by atoms with Crippen molar-refractivity contribution in [2.75, 3.05) is 23.7 Å². The van der Waals surface area contributed by atoms with Gasteiger partial charge in [-0.1, -0.05) is 60.8 Å². The van der Waals surface area contributed by atoms with Crippen LogP contribution in [0.3, 0.4) is 0 Å². The Morgan fingerprint density at radius 1 is 0.760 bits per heavy atom. The lowest BCUT2D eigenvalue weighted by molar-refractivity contribution is -0.144. The number of aromatic nitrogens is 2. The third kappa shape index (κ3) is 8.21. The summed E-state index contributed by atoms with van der Waals surface area (Å²) in [6.45, 7) is 7.25. The third-order valence-corrected chi connectivity index (χ3v) is 10.3. The number of carboxylic acids is 1. The average Bonchev–Trinajstić information content (AvgIpc) is 3.12. The molecule has 0 saturated carbocycles. The van der Waals surface area contributed by atoms with Gasteiger partial charge in [0.25, 0.3) is 11.8 Å². The van der Waals surface area contributed by atoms with Gasteiger partial charge in [-0.05, 0) is 99.1 Å². The topological polar surface area (TPSA) is 128 Å². The highest BCUT2D eigenvalue weighted by atomic mass is 35.5. The summed E-state index contributed by atoms with van der Waals surface area (Å²) in [5, 5.41) is 15.8. The van der Waals surface area contributed by atoms with Crippen molar-refractivity contribution in [3.8, 4) is 11.1 Å². The second-order valence-electron chi connectivity index (χ2n) is 13.3. The zero-order valence-corrected chi connectivity index (χ0v) is 29.2. The molecule has 2 atom stereocenters. The van der Waals surface area contributed by atoms with Gasteiger partial charge in [0.15, 0.2) is 0 Å². The van der Waals surface area contributed by atoms with Gasteiger partial charge in [0.1, 0.15) is 17.4 Å². The van der Waals surface area contributed by atoms with Crippen molar-refractivity contribution in [2.45, 2.75) is 77.5 Å². The fraction of sp³-hybridized carbons (Fsp3) is 0.359. The first-order chi connectivity index (χ1) is 24.2. The molecule has 2 aliphatic rings. The molecular formula is C39H43ClN6O4. The highest BCUT2D eigenvalue weighted by Crippen LogP contribution is 2.37. The smallest absolute Gasteiger partial charge is 0.320 e. The predicted molar refractivity (Wildman–Crippen MR) is 195 cm³/mol. The van der Waals surface area contributed by atoms with Crippen LogP contribution in [0, 0.1) is 6.92 Å². The van der Waals surface area contributed by atoms with E-state index < -0.39 is 12.0 Å². The van der Waals surface area contributed by atoms with E-state index in [0.29, 0.717) is 46.7 Å². The number of nitrogens with one attached hydrogen (secondary N) is 2. The second kappa shape index (κ2) is 15.9. The molecule has 4 heterocycles. The Labute approximate surface area is 297 Å². The maximum atomic E-state index is 13.2. The number of halogens is 1. The van der Waals surface area contributed by atoms with Gasteiger partial charge in [-0.15, -0.1) is 0 Å². The molecule has 2 aliphatic heterocycles. The lowest BCUT2D eigenvalue weighted by Gasteiger charge is -2.33. The van der Waals surface area contributed by atoms with Crippen LogP contribution in [0.1, 0.15) is 83.1 Å². The van der Waals surface area contributed by atoms with E-state index in [1.807, 2.05) is 54.3 Å². The maximum Gasteiger partial charge on any atom is 0.320 e. The zero-order valence-electron chi connectivity index (χ0n) is 28.5. The number of carbonyl (C=O) groups is 3. The normalized spacial score (nSPS) is 18.4. The number of pyridine rings is 2. The van der Waals surface area contributed by atoms with E-state index in [1.54, 1.807) is 30.6 Å². The summed E-state index contributed by atoms with van der Waals surface area (Å²) in [7, 11) is 0. The Morgan fingerprint density at radius 2 is 1.32 bits per heavy atom. The first-order valence-electron chi connectivity index (χ1n) is 17.3. The number of carbonyl (C=O) groups excluding carboxylic acids is 2. The van der Waals surface area contributed by atoms with Crippen molar-refractivity contribution in [2.24, 2.45) is 0 Å². The van der Waals surface area contributed by atoms with Crippen molar-refractivity contribution in [3.63, 3.8) is 0 Å². The van der Waals surface area contributed by atoms with Crippen LogP contribution in [-0.2, 0) is 17.9 Å². The summed E-state index contributed by atoms with van der Waals surface area (Å²) in [6, 6.07) is 18.2.